The fourth-order valence-electron chi connectivity index (χ4n) is 2.31. The lowest BCUT2D eigenvalue weighted by atomic mass is 10.1. The number of nitrogens with zero attached hydrogens (tertiary/aromatic N) is 4. The van der Waals surface area contributed by atoms with Crippen LogP contribution in [-0.2, 0) is 5.75 Å². The number of benzene rings is 2. The number of amidine groups is 1. The van der Waals surface area contributed by atoms with Gasteiger partial charge in [-0.1, -0.05) is 66.4 Å². The van der Waals surface area contributed by atoms with E-state index in [-0.39, 0.29) is 0 Å². The number of thioether (sulfide) groups is 1. The number of aromatic nitrogens is 1. The van der Waals surface area contributed by atoms with E-state index < -0.39 is 0 Å². The van der Waals surface area contributed by atoms with Crippen LogP contribution in [-0.4, -0.2) is 16.4 Å². The minimum atomic E-state index is 0.421. The summed E-state index contributed by atoms with van der Waals surface area (Å²) in [5, 5.41) is 17.5. The van der Waals surface area contributed by atoms with Crippen LogP contribution in [0.15, 0.2) is 83.1 Å². The Hall–Kier alpha value is -3.43. The average molecular weight is 371 g/mol. The van der Waals surface area contributed by atoms with E-state index in [9.17, 15) is 0 Å². The highest BCUT2D eigenvalue weighted by Gasteiger charge is 2.01. The molecule has 0 aliphatic rings. The van der Waals surface area contributed by atoms with Crippen molar-refractivity contribution < 1.29 is 0 Å². The molecular weight excluding hydrogens is 354 g/mol. The van der Waals surface area contributed by atoms with Gasteiger partial charge in [-0.25, -0.2) is 0 Å². The molecule has 0 bridgehead atoms. The zero-order valence-electron chi connectivity index (χ0n) is 14.5. The molecule has 3 rings (SSSR count). The molecule has 5 nitrogen and oxygen atoms in total. The van der Waals surface area contributed by atoms with Gasteiger partial charge in [0.1, 0.15) is 0 Å². The van der Waals surface area contributed by atoms with Crippen molar-refractivity contribution in [2.75, 3.05) is 0 Å². The summed E-state index contributed by atoms with van der Waals surface area (Å²) in [6, 6.07) is 23.3. The van der Waals surface area contributed by atoms with Gasteiger partial charge in [0.2, 0.25) is 0 Å². The number of rotatable bonds is 5. The largest absolute Gasteiger partial charge is 0.377 e. The zero-order valence-corrected chi connectivity index (χ0v) is 15.3. The molecule has 0 amide bonds. The third kappa shape index (κ3) is 5.53. The molecule has 0 saturated carbocycles. The highest BCUT2D eigenvalue weighted by Crippen LogP contribution is 2.18. The Labute approximate surface area is 162 Å². The Bertz CT molecular complexity index is 989. The summed E-state index contributed by atoms with van der Waals surface area (Å²) in [6.07, 6.45) is 3.28. The zero-order chi connectivity index (χ0) is 18.9. The van der Waals surface area contributed by atoms with Gasteiger partial charge in [0.25, 0.3) is 0 Å². The van der Waals surface area contributed by atoms with Crippen LogP contribution in [0.5, 0.6) is 0 Å². The average Bonchev–Trinajstić information content (AvgIpc) is 2.73. The Morgan fingerprint density at radius 2 is 1.89 bits per heavy atom. The molecule has 0 fully saturated rings. The molecule has 0 aliphatic carbocycles. The maximum Gasteiger partial charge on any atom is 0.180 e. The lowest BCUT2D eigenvalue weighted by Gasteiger charge is -2.01. The van der Waals surface area contributed by atoms with Gasteiger partial charge in [0.05, 0.1) is 23.5 Å². The quantitative estimate of drug-likeness (QED) is 0.413. The first-order chi connectivity index (χ1) is 13.2. The van der Waals surface area contributed by atoms with Crippen LogP contribution in [0.1, 0.15) is 16.7 Å². The summed E-state index contributed by atoms with van der Waals surface area (Å²) in [4.78, 5) is 4.29. The standard InChI is InChI=1S/C21H17N5S/c22-13-18-10-11-24-20(12-18)19-8-6-16(7-9-19)14-25-26-21(23)27-15-17-4-2-1-3-5-17/h1-12,14H,15H2,(H2,23,26). The molecule has 0 radical (unpaired) electrons. The molecule has 0 unspecified atom stereocenters. The molecule has 0 atom stereocenters. The fraction of sp³-hybridized carbons (Fsp3) is 0.0476. The minimum absolute atomic E-state index is 0.421. The highest BCUT2D eigenvalue weighted by molar-refractivity contribution is 8.13. The van der Waals surface area contributed by atoms with E-state index in [0.717, 1.165) is 22.6 Å². The number of nitriles is 1. The van der Waals surface area contributed by atoms with Crippen molar-refractivity contribution in [2.45, 2.75) is 5.75 Å². The van der Waals surface area contributed by atoms with Crippen molar-refractivity contribution in [3.8, 4) is 17.3 Å². The number of hydrogen-bond acceptors (Lipinski definition) is 5. The van der Waals surface area contributed by atoms with E-state index in [0.29, 0.717) is 10.7 Å². The van der Waals surface area contributed by atoms with E-state index in [1.54, 1.807) is 24.5 Å². The Balaban J connectivity index is 1.59. The fourth-order valence-corrected chi connectivity index (χ4v) is 2.92. The van der Waals surface area contributed by atoms with Crippen LogP contribution in [0, 0.1) is 11.3 Å². The summed E-state index contributed by atoms with van der Waals surface area (Å²) in [7, 11) is 0. The third-order valence-corrected chi connectivity index (χ3v) is 4.54. The Morgan fingerprint density at radius 3 is 2.63 bits per heavy atom. The topological polar surface area (TPSA) is 87.4 Å². The summed E-state index contributed by atoms with van der Waals surface area (Å²) in [5.74, 6) is 0.759. The molecule has 0 spiro atoms. The second-order valence-electron chi connectivity index (χ2n) is 5.62. The maximum absolute atomic E-state index is 8.98. The molecule has 0 saturated heterocycles. The first-order valence-corrected chi connectivity index (χ1v) is 9.23. The second kappa shape index (κ2) is 9.32. The van der Waals surface area contributed by atoms with Crippen LogP contribution in [0.4, 0.5) is 0 Å². The molecule has 2 N–H and O–H groups in total. The van der Waals surface area contributed by atoms with Crippen LogP contribution < -0.4 is 5.73 Å². The maximum atomic E-state index is 8.98. The summed E-state index contributed by atoms with van der Waals surface area (Å²) in [6.45, 7) is 0. The van der Waals surface area contributed by atoms with Gasteiger partial charge in [-0.05, 0) is 23.3 Å². The van der Waals surface area contributed by atoms with Crippen LogP contribution >= 0.6 is 11.8 Å². The van der Waals surface area contributed by atoms with Crippen molar-refractivity contribution in [3.63, 3.8) is 0 Å². The molecule has 1 aromatic heterocycles. The summed E-state index contributed by atoms with van der Waals surface area (Å²) < 4.78 is 0. The van der Waals surface area contributed by atoms with E-state index in [1.165, 1.54) is 17.3 Å². The van der Waals surface area contributed by atoms with Crippen molar-refractivity contribution in [3.05, 3.63) is 89.6 Å². The molecular formula is C21H17N5S. The molecule has 6 heteroatoms. The number of hydrogen-bond donors (Lipinski definition) is 1. The van der Waals surface area contributed by atoms with Gasteiger partial charge >= 0.3 is 0 Å². The third-order valence-electron chi connectivity index (χ3n) is 3.69. The molecule has 27 heavy (non-hydrogen) atoms. The van der Waals surface area contributed by atoms with E-state index in [4.69, 9.17) is 11.0 Å². The lowest BCUT2D eigenvalue weighted by Crippen LogP contribution is -2.05. The monoisotopic (exact) mass is 371 g/mol. The molecule has 3 aromatic rings. The van der Waals surface area contributed by atoms with Crippen LogP contribution in [0.2, 0.25) is 0 Å². The Kier molecular flexibility index (Phi) is 6.34. The lowest BCUT2D eigenvalue weighted by molar-refractivity contribution is 1.25. The van der Waals surface area contributed by atoms with Crippen molar-refractivity contribution in [1.29, 1.82) is 5.26 Å². The first-order valence-electron chi connectivity index (χ1n) is 8.24. The smallest absolute Gasteiger partial charge is 0.180 e. The first kappa shape index (κ1) is 18.4. The second-order valence-corrected chi connectivity index (χ2v) is 6.62. The van der Waals surface area contributed by atoms with Gasteiger partial charge in [-0.2, -0.15) is 10.4 Å². The summed E-state index contributed by atoms with van der Waals surface area (Å²) in [5.41, 5.74) is 10.3. The van der Waals surface area contributed by atoms with Gasteiger partial charge in [-0.3, -0.25) is 4.98 Å². The summed E-state index contributed by atoms with van der Waals surface area (Å²) >= 11 is 1.45. The van der Waals surface area contributed by atoms with Crippen molar-refractivity contribution in [1.82, 2.24) is 4.98 Å². The predicted octanol–water partition coefficient (Wildman–Crippen LogP) is 4.20. The molecule has 1 heterocycles. The van der Waals surface area contributed by atoms with Crippen LogP contribution in [0.25, 0.3) is 11.3 Å². The predicted molar refractivity (Wildman–Crippen MR) is 111 cm³/mol. The Morgan fingerprint density at radius 1 is 1.11 bits per heavy atom. The molecule has 132 valence electrons. The molecule has 0 aliphatic heterocycles. The number of nitrogens with two attached hydrogens (primary N) is 1. The molecule has 2 aromatic carbocycles. The normalized spacial score (nSPS) is 11.4. The van der Waals surface area contributed by atoms with Crippen molar-refractivity contribution >= 4 is 23.1 Å². The minimum Gasteiger partial charge on any atom is -0.377 e. The SMILES string of the molecule is N#Cc1ccnc(-c2ccc(C=NN=C(N)SCc3ccccc3)cc2)c1. The highest BCUT2D eigenvalue weighted by atomic mass is 32.2. The van der Waals surface area contributed by atoms with Gasteiger partial charge in [0, 0.05) is 17.5 Å². The number of pyridine rings is 1. The van der Waals surface area contributed by atoms with Gasteiger partial charge < -0.3 is 5.73 Å². The van der Waals surface area contributed by atoms with E-state index in [1.807, 2.05) is 54.6 Å². The van der Waals surface area contributed by atoms with E-state index in [2.05, 4.69) is 21.3 Å². The van der Waals surface area contributed by atoms with Crippen LogP contribution in [0.3, 0.4) is 0 Å². The van der Waals surface area contributed by atoms with Gasteiger partial charge in [0.15, 0.2) is 5.17 Å². The van der Waals surface area contributed by atoms with Crippen molar-refractivity contribution in [2.24, 2.45) is 15.9 Å². The van der Waals surface area contributed by atoms with E-state index >= 15 is 0 Å². The van der Waals surface area contributed by atoms with Gasteiger partial charge in [-0.15, -0.1) is 5.10 Å².